The molecule has 0 saturated heterocycles. The van der Waals surface area contributed by atoms with E-state index in [1.54, 1.807) is 30.3 Å². The molecule has 0 aliphatic carbocycles. The molecule has 176 valence electrons. The van der Waals surface area contributed by atoms with Crippen molar-refractivity contribution in [3.05, 3.63) is 47.7 Å². The second kappa shape index (κ2) is 11.4. The molecule has 1 aliphatic heterocycles. The molecular weight excluding hydrogens is 436 g/mol. The van der Waals surface area contributed by atoms with E-state index in [0.717, 1.165) is 6.54 Å². The Hall–Kier alpha value is -4.29. The van der Waals surface area contributed by atoms with E-state index in [4.69, 9.17) is 14.0 Å². The van der Waals surface area contributed by atoms with Crippen molar-refractivity contribution in [1.82, 2.24) is 26.4 Å². The fourth-order valence-corrected chi connectivity index (χ4v) is 2.90. The Morgan fingerprint density at radius 2 is 2.12 bits per heavy atom. The van der Waals surface area contributed by atoms with Crippen LogP contribution in [-0.4, -0.2) is 66.6 Å². The van der Waals surface area contributed by atoms with Crippen LogP contribution < -0.4 is 26.0 Å². The Balaban J connectivity index is 1.56. The standard InChI is InChI=1S/C20H24N6O7/c27-13-24-20(17(28)29,25-19(30)32-12-14-4-2-1-3-5-14)11-15-10-16(26-33-15)31-9-8-23-18-21-6-7-22-18/h1-5,10,13H,6-9,11-12H2,(H,24,27)(H,25,30)(H,28,29)(H2,21,22,23). The molecule has 0 radical (unpaired) electrons. The Labute approximate surface area is 188 Å². The maximum absolute atomic E-state index is 12.2. The lowest BCUT2D eigenvalue weighted by Gasteiger charge is -2.28. The summed E-state index contributed by atoms with van der Waals surface area (Å²) in [6.07, 6.45) is -1.33. The van der Waals surface area contributed by atoms with Gasteiger partial charge in [0.2, 0.25) is 12.1 Å². The Morgan fingerprint density at radius 1 is 1.30 bits per heavy atom. The smallest absolute Gasteiger partial charge is 0.409 e. The van der Waals surface area contributed by atoms with Crippen molar-refractivity contribution in [2.45, 2.75) is 18.7 Å². The van der Waals surface area contributed by atoms with Gasteiger partial charge in [-0.15, -0.1) is 0 Å². The van der Waals surface area contributed by atoms with Gasteiger partial charge in [-0.2, -0.15) is 0 Å². The summed E-state index contributed by atoms with van der Waals surface area (Å²) in [5.41, 5.74) is -1.51. The monoisotopic (exact) mass is 460 g/mol. The first-order valence-corrected chi connectivity index (χ1v) is 10.0. The van der Waals surface area contributed by atoms with Crippen LogP contribution in [0.15, 0.2) is 45.9 Å². The number of carbonyl (C=O) groups is 3. The first-order valence-electron chi connectivity index (χ1n) is 10.0. The molecule has 2 amide bonds. The minimum atomic E-state index is -2.22. The third-order valence-corrected chi connectivity index (χ3v) is 4.49. The number of guanidine groups is 1. The molecule has 0 bridgehead atoms. The van der Waals surface area contributed by atoms with Gasteiger partial charge >= 0.3 is 12.1 Å². The molecule has 1 atom stereocenters. The van der Waals surface area contributed by atoms with Gasteiger partial charge < -0.3 is 35.1 Å². The molecule has 5 N–H and O–H groups in total. The van der Waals surface area contributed by atoms with Crippen molar-refractivity contribution in [3.63, 3.8) is 0 Å². The SMILES string of the molecule is O=CNC(Cc1cc(OCCNC2=NCCN2)no1)(NC(=O)OCc1ccccc1)C(=O)O. The molecule has 13 heteroatoms. The molecule has 1 aromatic heterocycles. The molecule has 2 heterocycles. The summed E-state index contributed by atoms with van der Waals surface area (Å²) in [5, 5.41) is 23.8. The Kier molecular flexibility index (Phi) is 8.05. The van der Waals surface area contributed by atoms with Gasteiger partial charge in [0.15, 0.2) is 5.96 Å². The fourth-order valence-electron chi connectivity index (χ4n) is 2.90. The van der Waals surface area contributed by atoms with E-state index in [-0.39, 0.29) is 31.3 Å². The highest BCUT2D eigenvalue weighted by atomic mass is 16.6. The van der Waals surface area contributed by atoms with Gasteiger partial charge in [0.1, 0.15) is 19.0 Å². The molecule has 33 heavy (non-hydrogen) atoms. The number of hydrogen-bond acceptors (Lipinski definition) is 10. The highest BCUT2D eigenvalue weighted by Crippen LogP contribution is 2.17. The van der Waals surface area contributed by atoms with E-state index in [0.29, 0.717) is 24.6 Å². The molecule has 1 aromatic carbocycles. The Bertz CT molecular complexity index is 980. The van der Waals surface area contributed by atoms with Crippen LogP contribution in [-0.2, 0) is 27.4 Å². The second-order valence-corrected chi connectivity index (χ2v) is 6.90. The van der Waals surface area contributed by atoms with Gasteiger partial charge in [-0.3, -0.25) is 15.1 Å². The summed E-state index contributed by atoms with van der Waals surface area (Å²) in [6.45, 7) is 2.11. The van der Waals surface area contributed by atoms with Crippen LogP contribution >= 0.6 is 0 Å². The van der Waals surface area contributed by atoms with Crippen molar-refractivity contribution in [2.75, 3.05) is 26.2 Å². The molecule has 1 unspecified atom stereocenters. The number of aromatic nitrogens is 1. The second-order valence-electron chi connectivity index (χ2n) is 6.90. The van der Waals surface area contributed by atoms with Crippen LogP contribution in [0.4, 0.5) is 4.79 Å². The highest BCUT2D eigenvalue weighted by Gasteiger charge is 2.42. The van der Waals surface area contributed by atoms with Crippen LogP contribution in [0.25, 0.3) is 0 Å². The third-order valence-electron chi connectivity index (χ3n) is 4.49. The molecule has 0 spiro atoms. The van der Waals surface area contributed by atoms with Crippen molar-refractivity contribution < 1.29 is 33.5 Å². The number of hydrogen-bond donors (Lipinski definition) is 5. The summed E-state index contributed by atoms with van der Waals surface area (Å²) in [5.74, 6) is -0.667. The van der Waals surface area contributed by atoms with Gasteiger partial charge in [-0.1, -0.05) is 30.3 Å². The number of nitrogens with one attached hydrogen (secondary N) is 4. The van der Waals surface area contributed by atoms with E-state index in [1.165, 1.54) is 6.07 Å². The third kappa shape index (κ3) is 6.85. The van der Waals surface area contributed by atoms with E-state index in [1.807, 2.05) is 0 Å². The molecule has 3 rings (SSSR count). The van der Waals surface area contributed by atoms with Crippen molar-refractivity contribution >= 4 is 24.4 Å². The summed E-state index contributed by atoms with van der Waals surface area (Å²) in [4.78, 5) is 39.5. The molecule has 0 fully saturated rings. The normalized spacial score (nSPS) is 14.2. The first kappa shape index (κ1) is 23.4. The number of benzene rings is 1. The number of aliphatic imine (C=N–C) groups is 1. The summed E-state index contributed by atoms with van der Waals surface area (Å²) < 4.78 is 15.6. The van der Waals surface area contributed by atoms with Gasteiger partial charge in [0.25, 0.3) is 5.88 Å². The van der Waals surface area contributed by atoms with Gasteiger partial charge in [0, 0.05) is 12.6 Å². The predicted octanol–water partition coefficient (Wildman–Crippen LogP) is -0.402. The fraction of sp³-hybridized carbons (Fsp3) is 0.350. The minimum absolute atomic E-state index is 0.0555. The van der Waals surface area contributed by atoms with Gasteiger partial charge in [0.05, 0.1) is 19.5 Å². The maximum atomic E-state index is 12.2. The zero-order valence-corrected chi connectivity index (χ0v) is 17.6. The molecule has 13 nitrogen and oxygen atoms in total. The van der Waals surface area contributed by atoms with Crippen LogP contribution in [0.2, 0.25) is 0 Å². The number of ether oxygens (including phenoxy) is 2. The summed E-state index contributed by atoms with van der Waals surface area (Å²) >= 11 is 0. The number of nitrogens with zero attached hydrogens (tertiary/aromatic N) is 2. The predicted molar refractivity (Wildman–Crippen MR) is 113 cm³/mol. The zero-order chi connectivity index (χ0) is 23.5. The average molecular weight is 460 g/mol. The molecular formula is C20H24N6O7. The van der Waals surface area contributed by atoms with E-state index < -0.39 is 24.1 Å². The van der Waals surface area contributed by atoms with Crippen LogP contribution in [0.3, 0.4) is 0 Å². The highest BCUT2D eigenvalue weighted by molar-refractivity contribution is 5.86. The topological polar surface area (TPSA) is 176 Å². The number of carboxylic acids is 1. The average Bonchev–Trinajstić information content (AvgIpc) is 3.48. The molecule has 1 aliphatic rings. The van der Waals surface area contributed by atoms with Crippen LogP contribution in [0.1, 0.15) is 11.3 Å². The number of carboxylic acid groups (broad SMARTS) is 1. The minimum Gasteiger partial charge on any atom is -0.478 e. The lowest BCUT2D eigenvalue weighted by molar-refractivity contribution is -0.147. The molecule has 2 aromatic rings. The lowest BCUT2D eigenvalue weighted by Crippen LogP contribution is -2.65. The van der Waals surface area contributed by atoms with E-state index in [2.05, 4.69) is 31.4 Å². The Morgan fingerprint density at radius 3 is 2.82 bits per heavy atom. The summed E-state index contributed by atoms with van der Waals surface area (Å²) in [7, 11) is 0. The van der Waals surface area contributed by atoms with Gasteiger partial charge in [-0.05, 0) is 10.7 Å². The van der Waals surface area contributed by atoms with Crippen LogP contribution in [0.5, 0.6) is 5.88 Å². The number of rotatable bonds is 12. The lowest BCUT2D eigenvalue weighted by atomic mass is 10.0. The quantitative estimate of drug-likeness (QED) is 0.159. The van der Waals surface area contributed by atoms with Gasteiger partial charge in [-0.25, -0.2) is 9.59 Å². The van der Waals surface area contributed by atoms with Crippen LogP contribution in [0, 0.1) is 0 Å². The van der Waals surface area contributed by atoms with E-state index in [9.17, 15) is 19.5 Å². The summed E-state index contributed by atoms with van der Waals surface area (Å²) in [6, 6.07) is 10.2. The first-order chi connectivity index (χ1) is 16.0. The number of carbonyl (C=O) groups excluding carboxylic acids is 2. The number of alkyl carbamates (subject to hydrolysis) is 1. The number of amides is 2. The van der Waals surface area contributed by atoms with Crippen molar-refractivity contribution in [1.29, 1.82) is 0 Å². The van der Waals surface area contributed by atoms with Crippen molar-refractivity contribution in [2.24, 2.45) is 4.99 Å². The van der Waals surface area contributed by atoms with Crippen molar-refractivity contribution in [3.8, 4) is 5.88 Å². The largest absolute Gasteiger partial charge is 0.478 e. The van der Waals surface area contributed by atoms with E-state index >= 15 is 0 Å². The molecule has 0 saturated carbocycles. The zero-order valence-electron chi connectivity index (χ0n) is 17.6. The number of aliphatic carboxylic acids is 1. The maximum Gasteiger partial charge on any atom is 0.409 e.